The van der Waals surface area contributed by atoms with Gasteiger partial charge in [0.25, 0.3) is 5.91 Å². The third-order valence-corrected chi connectivity index (χ3v) is 5.25. The fourth-order valence-electron chi connectivity index (χ4n) is 2.04. The molecule has 2 N–H and O–H groups in total. The van der Waals surface area contributed by atoms with Gasteiger partial charge in [0.1, 0.15) is 5.00 Å². The van der Waals surface area contributed by atoms with Gasteiger partial charge in [0, 0.05) is 28.8 Å². The van der Waals surface area contributed by atoms with E-state index in [1.54, 1.807) is 11.4 Å². The van der Waals surface area contributed by atoms with Crippen LogP contribution < -0.4 is 10.6 Å². The van der Waals surface area contributed by atoms with Crippen LogP contribution in [0.1, 0.15) is 37.6 Å². The highest BCUT2D eigenvalue weighted by atomic mass is 32.1. The van der Waals surface area contributed by atoms with Crippen LogP contribution in [-0.4, -0.2) is 31.4 Å². The van der Waals surface area contributed by atoms with E-state index in [1.807, 2.05) is 19.2 Å². The van der Waals surface area contributed by atoms with Crippen LogP contribution in [0.2, 0.25) is 0 Å². The first-order valence-electron chi connectivity index (χ1n) is 7.22. The van der Waals surface area contributed by atoms with Crippen molar-refractivity contribution in [2.24, 2.45) is 0 Å². The zero-order valence-electron chi connectivity index (χ0n) is 13.6. The Balaban J connectivity index is 1.92. The molecule has 0 fully saturated rings. The van der Waals surface area contributed by atoms with Gasteiger partial charge >= 0.3 is 5.97 Å². The molecule has 128 valence electrons. The highest BCUT2D eigenvalue weighted by Gasteiger charge is 2.21. The Bertz CT molecular complexity index is 750. The smallest absolute Gasteiger partial charge is 0.341 e. The van der Waals surface area contributed by atoms with E-state index >= 15 is 0 Å². The van der Waals surface area contributed by atoms with Crippen molar-refractivity contribution in [2.45, 2.75) is 20.3 Å². The minimum Gasteiger partial charge on any atom is -0.465 e. The minimum atomic E-state index is -0.474. The van der Waals surface area contributed by atoms with Gasteiger partial charge in [-0.2, -0.15) is 11.3 Å². The van der Waals surface area contributed by atoms with Gasteiger partial charge in [0.05, 0.1) is 12.7 Å². The number of amides is 2. The van der Waals surface area contributed by atoms with Crippen LogP contribution in [0, 0.1) is 13.8 Å². The second-order valence-electron chi connectivity index (χ2n) is 5.05. The molecule has 2 heterocycles. The van der Waals surface area contributed by atoms with Crippen LogP contribution >= 0.6 is 22.7 Å². The maximum absolute atomic E-state index is 12.1. The molecule has 0 atom stereocenters. The number of carbonyl (C=O) groups excluding carboxylic acids is 3. The number of aryl methyl sites for hydroxylation is 1. The first kappa shape index (κ1) is 18.2. The van der Waals surface area contributed by atoms with Gasteiger partial charge in [-0.15, -0.1) is 11.3 Å². The van der Waals surface area contributed by atoms with Crippen molar-refractivity contribution in [3.05, 3.63) is 38.4 Å². The zero-order valence-corrected chi connectivity index (χ0v) is 15.2. The molecule has 0 unspecified atom stereocenters. The molecule has 0 bridgehead atoms. The summed E-state index contributed by atoms with van der Waals surface area (Å²) in [6.45, 7) is 3.91. The fourth-order valence-corrected chi connectivity index (χ4v) is 3.74. The van der Waals surface area contributed by atoms with Crippen LogP contribution in [0.5, 0.6) is 0 Å². The molecule has 2 aromatic heterocycles. The molecule has 0 aliphatic rings. The standard InChI is InChI=1S/C16H18N2O4S2/c1-9-10(2)24-15(13(9)16(21)22-3)18-12(19)4-6-17-14(20)11-5-7-23-8-11/h5,7-8H,4,6H2,1-3H3,(H,17,20)(H,18,19). The van der Waals surface area contributed by atoms with E-state index in [1.165, 1.54) is 29.8 Å². The van der Waals surface area contributed by atoms with Gasteiger partial charge in [-0.1, -0.05) is 0 Å². The first-order valence-corrected chi connectivity index (χ1v) is 8.98. The number of ether oxygens (including phenoxy) is 1. The molecule has 0 saturated carbocycles. The number of hydrogen-bond acceptors (Lipinski definition) is 6. The molecule has 0 aliphatic carbocycles. The molecule has 0 saturated heterocycles. The molecule has 24 heavy (non-hydrogen) atoms. The number of esters is 1. The van der Waals surface area contributed by atoms with Crippen molar-refractivity contribution in [3.8, 4) is 0 Å². The lowest BCUT2D eigenvalue weighted by atomic mass is 10.1. The Labute approximate surface area is 147 Å². The summed E-state index contributed by atoms with van der Waals surface area (Å²) >= 11 is 2.77. The molecule has 6 nitrogen and oxygen atoms in total. The third kappa shape index (κ3) is 4.21. The average molecular weight is 366 g/mol. The molecule has 0 aliphatic heterocycles. The second kappa shape index (κ2) is 8.07. The van der Waals surface area contributed by atoms with Crippen molar-refractivity contribution in [1.29, 1.82) is 0 Å². The summed E-state index contributed by atoms with van der Waals surface area (Å²) in [5.41, 5.74) is 1.77. The molecule has 2 rings (SSSR count). The van der Waals surface area contributed by atoms with E-state index in [-0.39, 0.29) is 24.8 Å². The van der Waals surface area contributed by atoms with E-state index in [2.05, 4.69) is 10.6 Å². The van der Waals surface area contributed by atoms with Crippen molar-refractivity contribution in [3.63, 3.8) is 0 Å². The highest BCUT2D eigenvalue weighted by molar-refractivity contribution is 7.16. The van der Waals surface area contributed by atoms with Crippen LogP contribution in [0.25, 0.3) is 0 Å². The number of methoxy groups -OCH3 is 1. The molecule has 8 heteroatoms. The SMILES string of the molecule is COC(=O)c1c(NC(=O)CCNC(=O)c2ccsc2)sc(C)c1C. The lowest BCUT2D eigenvalue weighted by Crippen LogP contribution is -2.27. The van der Waals surface area contributed by atoms with E-state index in [4.69, 9.17) is 4.74 Å². The molecule has 2 aromatic rings. The Morgan fingerprint density at radius 2 is 2.00 bits per heavy atom. The normalized spacial score (nSPS) is 10.3. The van der Waals surface area contributed by atoms with Gasteiger partial charge in [-0.3, -0.25) is 9.59 Å². The Morgan fingerprint density at radius 3 is 2.62 bits per heavy atom. The van der Waals surface area contributed by atoms with Crippen molar-refractivity contribution in [2.75, 3.05) is 19.0 Å². The fraction of sp³-hybridized carbons (Fsp3) is 0.312. The Morgan fingerprint density at radius 1 is 1.25 bits per heavy atom. The topological polar surface area (TPSA) is 84.5 Å². The average Bonchev–Trinajstić information content (AvgIpc) is 3.16. The first-order chi connectivity index (χ1) is 11.4. The predicted molar refractivity (Wildman–Crippen MR) is 95.0 cm³/mol. The summed E-state index contributed by atoms with van der Waals surface area (Å²) in [6.07, 6.45) is 0.118. The predicted octanol–water partition coefficient (Wildman–Crippen LogP) is 2.97. The summed E-state index contributed by atoms with van der Waals surface area (Å²) in [7, 11) is 1.31. The minimum absolute atomic E-state index is 0.118. The number of nitrogens with one attached hydrogen (secondary N) is 2. The van der Waals surface area contributed by atoms with Gasteiger partial charge in [-0.05, 0) is 30.9 Å². The maximum Gasteiger partial charge on any atom is 0.341 e. The number of anilines is 1. The van der Waals surface area contributed by atoms with E-state index in [0.29, 0.717) is 16.1 Å². The second-order valence-corrected chi connectivity index (χ2v) is 7.05. The molecule has 0 aromatic carbocycles. The number of carbonyl (C=O) groups is 3. The molecular formula is C16H18N2O4S2. The Hall–Kier alpha value is -2.19. The van der Waals surface area contributed by atoms with E-state index in [9.17, 15) is 14.4 Å². The maximum atomic E-state index is 12.1. The van der Waals surface area contributed by atoms with Crippen molar-refractivity contribution < 1.29 is 19.1 Å². The lowest BCUT2D eigenvalue weighted by molar-refractivity contribution is -0.116. The Kier molecular flexibility index (Phi) is 6.10. The number of rotatable bonds is 6. The summed E-state index contributed by atoms with van der Waals surface area (Å²) in [5, 5.41) is 9.45. The van der Waals surface area contributed by atoms with Crippen LogP contribution in [-0.2, 0) is 9.53 Å². The third-order valence-electron chi connectivity index (χ3n) is 3.45. The molecule has 2 amide bonds. The lowest BCUT2D eigenvalue weighted by Gasteiger charge is -2.07. The monoisotopic (exact) mass is 366 g/mol. The van der Waals surface area contributed by atoms with E-state index in [0.717, 1.165) is 10.4 Å². The van der Waals surface area contributed by atoms with Gasteiger partial charge in [0.15, 0.2) is 0 Å². The quantitative estimate of drug-likeness (QED) is 0.770. The van der Waals surface area contributed by atoms with E-state index < -0.39 is 5.97 Å². The van der Waals surface area contributed by atoms with Crippen molar-refractivity contribution >= 4 is 45.5 Å². The van der Waals surface area contributed by atoms with Crippen molar-refractivity contribution in [1.82, 2.24) is 5.32 Å². The summed E-state index contributed by atoms with van der Waals surface area (Å²) in [6, 6.07) is 1.72. The highest BCUT2D eigenvalue weighted by Crippen LogP contribution is 2.32. The molecular weight excluding hydrogens is 348 g/mol. The largest absolute Gasteiger partial charge is 0.465 e. The number of hydrogen-bond donors (Lipinski definition) is 2. The van der Waals surface area contributed by atoms with Crippen LogP contribution in [0.3, 0.4) is 0 Å². The van der Waals surface area contributed by atoms with Gasteiger partial charge in [-0.25, -0.2) is 4.79 Å². The summed E-state index contributed by atoms with van der Waals surface area (Å²) < 4.78 is 4.77. The molecule has 0 spiro atoms. The number of thiophene rings is 2. The van der Waals surface area contributed by atoms with Crippen LogP contribution in [0.15, 0.2) is 16.8 Å². The van der Waals surface area contributed by atoms with Gasteiger partial charge in [0.2, 0.25) is 5.91 Å². The van der Waals surface area contributed by atoms with Crippen LogP contribution in [0.4, 0.5) is 5.00 Å². The molecule has 0 radical (unpaired) electrons. The van der Waals surface area contributed by atoms with Gasteiger partial charge < -0.3 is 15.4 Å². The zero-order chi connectivity index (χ0) is 17.7. The summed E-state index contributed by atoms with van der Waals surface area (Å²) in [4.78, 5) is 36.6. The summed E-state index contributed by atoms with van der Waals surface area (Å²) in [5.74, 6) is -0.952.